The summed E-state index contributed by atoms with van der Waals surface area (Å²) >= 11 is 1.89. The fraction of sp³-hybridized carbons (Fsp3) is 0.660. The maximum absolute atomic E-state index is 11.3. The van der Waals surface area contributed by atoms with E-state index < -0.39 is 10.7 Å². The normalized spacial score (nSPS) is 23.5. The predicted octanol–water partition coefficient (Wildman–Crippen LogP) is 12.3. The lowest BCUT2D eigenvalue weighted by Crippen LogP contribution is -2.64. The molecule has 0 aromatic heterocycles. The Hall–Kier alpha value is -3.38. The van der Waals surface area contributed by atoms with E-state index in [4.69, 9.17) is 19.5 Å². The molecule has 61 heavy (non-hydrogen) atoms. The number of non-ortho nitro benzene ring substituents is 1. The van der Waals surface area contributed by atoms with Crippen molar-refractivity contribution >= 4 is 23.2 Å². The van der Waals surface area contributed by atoms with Gasteiger partial charge in [0.15, 0.2) is 0 Å². The van der Waals surface area contributed by atoms with Gasteiger partial charge in [0, 0.05) is 43.2 Å². The number of hydrogen-bond acceptors (Lipinski definition) is 10. The SMILES string of the molecule is C=CCO[C@@]12Oc3ccc(O)cc3[C@H]3[C@H](CCCCO)[C@@H](CCCCO)C=C(C(=NOCc4ccc([N+](=O)[O-])cc4)C[C@@H]1SCCCCCCCCCCCCCCCC)[C@H]32. The molecular formula is C50H74N2O8S. The number of phenolic OH excluding ortho intramolecular Hbond substituents is 1. The second-order valence-corrected chi connectivity index (χ2v) is 18.7. The zero-order chi connectivity index (χ0) is 43.3. The van der Waals surface area contributed by atoms with Crippen molar-refractivity contribution in [2.75, 3.05) is 25.6 Å². The monoisotopic (exact) mass is 863 g/mol. The molecule has 338 valence electrons. The van der Waals surface area contributed by atoms with E-state index in [9.17, 15) is 25.4 Å². The van der Waals surface area contributed by atoms with E-state index in [2.05, 4.69) is 19.6 Å². The number of phenols is 1. The van der Waals surface area contributed by atoms with Crippen LogP contribution in [0.4, 0.5) is 5.69 Å². The van der Waals surface area contributed by atoms with Crippen LogP contribution < -0.4 is 4.74 Å². The molecule has 1 fully saturated rings. The van der Waals surface area contributed by atoms with Crippen molar-refractivity contribution in [1.82, 2.24) is 0 Å². The van der Waals surface area contributed by atoms with Crippen LogP contribution in [0.1, 0.15) is 159 Å². The van der Waals surface area contributed by atoms with Crippen molar-refractivity contribution in [3.8, 4) is 11.5 Å². The first-order chi connectivity index (χ1) is 29.9. The Balaban J connectivity index is 1.39. The van der Waals surface area contributed by atoms with Gasteiger partial charge < -0.3 is 29.6 Å². The molecule has 3 aliphatic rings. The van der Waals surface area contributed by atoms with Crippen LogP contribution in [0.3, 0.4) is 0 Å². The average molecular weight is 863 g/mol. The first kappa shape index (κ1) is 48.6. The zero-order valence-corrected chi connectivity index (χ0v) is 37.7. The van der Waals surface area contributed by atoms with Gasteiger partial charge in [0.05, 0.1) is 28.4 Å². The van der Waals surface area contributed by atoms with E-state index in [1.54, 1.807) is 24.3 Å². The molecule has 5 rings (SSSR count). The predicted molar refractivity (Wildman–Crippen MR) is 247 cm³/mol. The van der Waals surface area contributed by atoms with Crippen LogP contribution in [0.2, 0.25) is 0 Å². The van der Waals surface area contributed by atoms with Gasteiger partial charge in [-0.2, -0.15) is 11.8 Å². The molecule has 1 aliphatic heterocycles. The number of aliphatic hydroxyl groups is 2. The van der Waals surface area contributed by atoms with Crippen molar-refractivity contribution in [2.24, 2.45) is 22.9 Å². The molecule has 3 N–H and O–H groups in total. The minimum atomic E-state index is -1.04. The highest BCUT2D eigenvalue weighted by Crippen LogP contribution is 2.62. The topological polar surface area (TPSA) is 144 Å². The molecule has 1 heterocycles. The molecule has 0 unspecified atom stereocenters. The second-order valence-electron chi connectivity index (χ2n) is 17.4. The second kappa shape index (κ2) is 26.3. The summed E-state index contributed by atoms with van der Waals surface area (Å²) in [5.41, 5.74) is 3.65. The molecular weight excluding hydrogens is 789 g/mol. The smallest absolute Gasteiger partial charge is 0.269 e. The highest BCUT2D eigenvalue weighted by Gasteiger charge is 2.63. The minimum Gasteiger partial charge on any atom is -0.508 e. The van der Waals surface area contributed by atoms with Gasteiger partial charge in [-0.15, -0.1) is 6.58 Å². The summed E-state index contributed by atoms with van der Waals surface area (Å²) in [4.78, 5) is 17.0. The number of aromatic hydroxyl groups is 1. The number of aliphatic hydroxyl groups excluding tert-OH is 2. The molecule has 0 saturated heterocycles. The van der Waals surface area contributed by atoms with Gasteiger partial charge in [0.25, 0.3) is 5.69 Å². The van der Waals surface area contributed by atoms with Crippen LogP contribution in [-0.4, -0.2) is 62.6 Å². The summed E-state index contributed by atoms with van der Waals surface area (Å²) in [5.74, 6) is 0.773. The van der Waals surface area contributed by atoms with Crippen LogP contribution in [0, 0.1) is 27.9 Å². The number of unbranched alkanes of at least 4 members (excludes halogenated alkanes) is 15. The minimum absolute atomic E-state index is 0.0275. The molecule has 1 saturated carbocycles. The number of ether oxygens (including phenoxy) is 2. The Morgan fingerprint density at radius 3 is 2.15 bits per heavy atom. The summed E-state index contributed by atoms with van der Waals surface area (Å²) in [7, 11) is 0. The Labute approximate surface area is 369 Å². The summed E-state index contributed by atoms with van der Waals surface area (Å²) < 4.78 is 14.2. The average Bonchev–Trinajstić information content (AvgIpc) is 3.26. The fourth-order valence-corrected chi connectivity index (χ4v) is 11.3. The lowest BCUT2D eigenvalue weighted by molar-refractivity contribution is -0.384. The lowest BCUT2D eigenvalue weighted by Gasteiger charge is -2.58. The van der Waals surface area contributed by atoms with E-state index in [1.165, 1.54) is 95.6 Å². The Morgan fingerprint density at radius 1 is 0.885 bits per heavy atom. The third-order valence-corrected chi connectivity index (χ3v) is 14.4. The number of nitro benzene ring substituents is 1. The molecule has 2 aromatic carbocycles. The van der Waals surface area contributed by atoms with Crippen molar-refractivity contribution in [1.29, 1.82) is 0 Å². The van der Waals surface area contributed by atoms with E-state index in [-0.39, 0.29) is 60.2 Å². The van der Waals surface area contributed by atoms with Gasteiger partial charge in [-0.3, -0.25) is 10.1 Å². The fourth-order valence-electron chi connectivity index (χ4n) is 9.91. The molecule has 10 nitrogen and oxygen atoms in total. The van der Waals surface area contributed by atoms with Crippen LogP contribution in [0.15, 0.2) is 71.9 Å². The summed E-state index contributed by atoms with van der Waals surface area (Å²) in [6.07, 6.45) is 28.0. The van der Waals surface area contributed by atoms with E-state index >= 15 is 0 Å². The van der Waals surface area contributed by atoms with Crippen LogP contribution in [0.5, 0.6) is 11.5 Å². The van der Waals surface area contributed by atoms with Gasteiger partial charge in [-0.25, -0.2) is 0 Å². The summed E-state index contributed by atoms with van der Waals surface area (Å²) in [6, 6.07) is 11.8. The lowest BCUT2D eigenvalue weighted by atomic mass is 9.56. The number of allylic oxidation sites excluding steroid dienone is 1. The van der Waals surface area contributed by atoms with Gasteiger partial charge in [0.1, 0.15) is 18.1 Å². The third-order valence-electron chi connectivity index (χ3n) is 13.0. The van der Waals surface area contributed by atoms with Crippen LogP contribution >= 0.6 is 11.8 Å². The van der Waals surface area contributed by atoms with Crippen molar-refractivity contribution in [2.45, 2.75) is 165 Å². The van der Waals surface area contributed by atoms with Crippen molar-refractivity contribution < 1.29 is 34.6 Å². The molecule has 0 amide bonds. The zero-order valence-electron chi connectivity index (χ0n) is 36.9. The van der Waals surface area contributed by atoms with Gasteiger partial charge in [-0.1, -0.05) is 121 Å². The number of hydrogen-bond donors (Lipinski definition) is 3. The highest BCUT2D eigenvalue weighted by molar-refractivity contribution is 8.00. The van der Waals surface area contributed by atoms with Gasteiger partial charge >= 0.3 is 0 Å². The van der Waals surface area contributed by atoms with Crippen LogP contribution in [-0.2, 0) is 16.2 Å². The molecule has 2 aromatic rings. The largest absolute Gasteiger partial charge is 0.508 e. The molecule has 11 heteroatoms. The van der Waals surface area contributed by atoms with E-state index in [0.717, 1.165) is 66.0 Å². The number of benzene rings is 2. The summed E-state index contributed by atoms with van der Waals surface area (Å²) in [6.45, 7) is 7.04. The highest BCUT2D eigenvalue weighted by atomic mass is 32.2. The third kappa shape index (κ3) is 13.8. The first-order valence-electron chi connectivity index (χ1n) is 23.6. The van der Waals surface area contributed by atoms with E-state index in [1.807, 2.05) is 23.9 Å². The number of rotatable bonds is 31. The Kier molecular flexibility index (Phi) is 21.0. The molecule has 6 atom stereocenters. The van der Waals surface area contributed by atoms with Crippen molar-refractivity contribution in [3.05, 3.63) is 88.0 Å². The van der Waals surface area contributed by atoms with Gasteiger partial charge in [0.2, 0.25) is 5.79 Å². The maximum atomic E-state index is 11.3. The van der Waals surface area contributed by atoms with Crippen LogP contribution in [0.25, 0.3) is 0 Å². The molecule has 0 spiro atoms. The first-order valence-corrected chi connectivity index (χ1v) is 24.7. The molecule has 0 bridgehead atoms. The van der Waals surface area contributed by atoms with E-state index in [0.29, 0.717) is 25.9 Å². The van der Waals surface area contributed by atoms with Gasteiger partial charge in [-0.05, 0) is 91.2 Å². The molecule has 2 aliphatic carbocycles. The quantitative estimate of drug-likeness (QED) is 0.0292. The Bertz CT molecular complexity index is 1680. The Morgan fingerprint density at radius 2 is 1.52 bits per heavy atom. The number of nitro groups is 1. The molecule has 0 radical (unpaired) electrons. The number of thioether (sulfide) groups is 1. The summed E-state index contributed by atoms with van der Waals surface area (Å²) in [5, 5.41) is 46.6. The maximum Gasteiger partial charge on any atom is 0.269 e. The number of oxime groups is 1. The van der Waals surface area contributed by atoms with Crippen molar-refractivity contribution in [3.63, 3.8) is 0 Å². The number of fused-ring (bicyclic) bond motifs is 2. The standard InChI is InChI=1S/C50H74N2O8S/c1-3-5-6-7-8-9-10-11-12-13-14-15-16-21-33-61-47-36-45(51-59-37-38-24-26-40(27-25-38)52(56)57)43-34-39(22-17-19-30-53)42(23-18-20-31-54)48-44-35-41(55)28-29-46(44)60-50(47,49(43)48)58-32-4-2/h4,24-29,34-35,39,42,47-49,53-55H,2-3,5-23,30-33,36-37H2,1H3/t39-,42+,47-,48+,49+,50+/m0/s1. The number of nitrogens with zero attached hydrogens (tertiary/aromatic N) is 2.